The molecular formula is C10H17BrNO4-. The molecule has 2 atom stereocenters. The third-order valence-electron chi connectivity index (χ3n) is 2.92. The van der Waals surface area contributed by atoms with Gasteiger partial charge in [-0.3, -0.25) is 0 Å². The molecule has 6 heteroatoms. The molecule has 0 aliphatic rings. The molecule has 0 aromatic heterocycles. The van der Waals surface area contributed by atoms with Crippen molar-refractivity contribution in [2.45, 2.75) is 26.3 Å². The zero-order valence-electron chi connectivity index (χ0n) is 9.57. The summed E-state index contributed by atoms with van der Waals surface area (Å²) in [6.07, 6.45) is 0.344. The van der Waals surface area contributed by atoms with Crippen LogP contribution < -0.4 is 10.2 Å². The normalized spacial score (nSPS) is 16.4. The Morgan fingerprint density at radius 1 is 1.31 bits per heavy atom. The van der Waals surface area contributed by atoms with Gasteiger partial charge in [-0.2, -0.15) is 0 Å². The summed E-state index contributed by atoms with van der Waals surface area (Å²) in [6, 6.07) is -0.805. The van der Waals surface area contributed by atoms with Crippen molar-refractivity contribution in [3.8, 4) is 0 Å². The lowest BCUT2D eigenvalue weighted by atomic mass is 10.1. The second-order valence-electron chi connectivity index (χ2n) is 3.72. The first-order chi connectivity index (χ1) is 7.43. The molecule has 0 fully saturated rings. The Labute approximate surface area is 104 Å². The lowest BCUT2D eigenvalue weighted by Crippen LogP contribution is -2.65. The minimum atomic E-state index is -1.23. The molecule has 0 radical (unpaired) electrons. The van der Waals surface area contributed by atoms with Gasteiger partial charge in [-0.25, -0.2) is 0 Å². The first-order valence-corrected chi connectivity index (χ1v) is 6.38. The number of quaternary nitrogens is 1. The Morgan fingerprint density at radius 2 is 1.88 bits per heavy atom. The van der Waals surface area contributed by atoms with Crippen LogP contribution in [-0.4, -0.2) is 47.4 Å². The van der Waals surface area contributed by atoms with Crippen LogP contribution in [0.15, 0.2) is 0 Å². The number of nitrogens with zero attached hydrogens (tertiary/aromatic N) is 1. The summed E-state index contributed by atoms with van der Waals surface area (Å²) in [4.78, 5) is 21.8. The quantitative estimate of drug-likeness (QED) is 0.403. The van der Waals surface area contributed by atoms with Crippen LogP contribution in [0.2, 0.25) is 0 Å². The van der Waals surface area contributed by atoms with E-state index in [1.807, 2.05) is 0 Å². The van der Waals surface area contributed by atoms with Gasteiger partial charge < -0.3 is 24.3 Å². The highest BCUT2D eigenvalue weighted by Crippen LogP contribution is 2.17. The summed E-state index contributed by atoms with van der Waals surface area (Å²) in [7, 11) is 0. The summed E-state index contributed by atoms with van der Waals surface area (Å²) < 4.78 is -0.0353. The van der Waals surface area contributed by atoms with Crippen molar-refractivity contribution in [1.29, 1.82) is 0 Å². The smallest absolute Gasteiger partial charge is 0.129 e. The van der Waals surface area contributed by atoms with E-state index in [0.29, 0.717) is 24.8 Å². The average molecular weight is 295 g/mol. The summed E-state index contributed by atoms with van der Waals surface area (Å²) in [5, 5.41) is 22.3. The van der Waals surface area contributed by atoms with E-state index in [9.17, 15) is 19.8 Å². The maximum atomic E-state index is 11.0. The van der Waals surface area contributed by atoms with E-state index >= 15 is 0 Å². The average Bonchev–Trinajstić information content (AvgIpc) is 2.17. The number of hydrogen-bond donors (Lipinski definition) is 0. The van der Waals surface area contributed by atoms with Crippen molar-refractivity contribution < 1.29 is 24.3 Å². The standard InChI is InChI=1S/C10H18BrNO4/c1-3-8(10(15)16)12(4-2,6-5-11)7-9(13)14/h8H,3-7H2,1-2H3,(H-,13,14,15,16)/p-1. The van der Waals surface area contributed by atoms with Gasteiger partial charge in [0.15, 0.2) is 0 Å². The maximum Gasteiger partial charge on any atom is 0.129 e. The molecule has 5 nitrogen and oxygen atoms in total. The van der Waals surface area contributed by atoms with E-state index in [1.54, 1.807) is 13.8 Å². The van der Waals surface area contributed by atoms with E-state index < -0.39 is 18.0 Å². The molecule has 0 amide bonds. The molecule has 0 aliphatic carbocycles. The van der Waals surface area contributed by atoms with E-state index in [2.05, 4.69) is 15.9 Å². The number of carboxylic acids is 2. The third-order valence-corrected chi connectivity index (χ3v) is 3.28. The van der Waals surface area contributed by atoms with Crippen molar-refractivity contribution in [3.63, 3.8) is 0 Å². The number of carboxylic acid groups (broad SMARTS) is 2. The number of carbonyl (C=O) groups is 2. The number of halogens is 1. The Balaban J connectivity index is 5.12. The number of aliphatic carboxylic acids is 2. The molecule has 0 spiro atoms. The number of likely N-dealkylation sites (N-methyl/N-ethyl adjacent to an activating group) is 1. The minimum Gasteiger partial charge on any atom is -0.544 e. The monoisotopic (exact) mass is 294 g/mol. The van der Waals surface area contributed by atoms with Crippen molar-refractivity contribution >= 4 is 27.9 Å². The van der Waals surface area contributed by atoms with Crippen LogP contribution >= 0.6 is 15.9 Å². The van der Waals surface area contributed by atoms with Gasteiger partial charge in [0, 0.05) is 6.42 Å². The highest BCUT2D eigenvalue weighted by Gasteiger charge is 2.34. The Bertz CT molecular complexity index is 259. The van der Waals surface area contributed by atoms with Gasteiger partial charge in [0.05, 0.1) is 30.4 Å². The van der Waals surface area contributed by atoms with Crippen LogP contribution in [0.5, 0.6) is 0 Å². The fraction of sp³-hybridized carbons (Fsp3) is 0.800. The van der Waals surface area contributed by atoms with Gasteiger partial charge in [-0.1, -0.05) is 22.9 Å². The highest BCUT2D eigenvalue weighted by molar-refractivity contribution is 9.09. The summed E-state index contributed by atoms with van der Waals surface area (Å²) >= 11 is 3.22. The van der Waals surface area contributed by atoms with Gasteiger partial charge in [-0.05, 0) is 6.92 Å². The van der Waals surface area contributed by atoms with E-state index in [0.717, 1.165) is 0 Å². The van der Waals surface area contributed by atoms with Crippen LogP contribution in [0.4, 0.5) is 0 Å². The number of hydrogen-bond acceptors (Lipinski definition) is 4. The van der Waals surface area contributed by atoms with E-state index in [4.69, 9.17) is 0 Å². The van der Waals surface area contributed by atoms with Gasteiger partial charge in [0.2, 0.25) is 0 Å². The zero-order chi connectivity index (χ0) is 12.8. The molecule has 94 valence electrons. The topological polar surface area (TPSA) is 80.3 Å². The number of rotatable bonds is 8. The molecule has 0 aliphatic heterocycles. The van der Waals surface area contributed by atoms with Gasteiger partial charge in [-0.15, -0.1) is 0 Å². The Morgan fingerprint density at radius 3 is 2.12 bits per heavy atom. The summed E-state index contributed by atoms with van der Waals surface area (Å²) in [6.45, 7) is 4.04. The molecule has 0 bridgehead atoms. The van der Waals surface area contributed by atoms with Crippen LogP contribution in [0.25, 0.3) is 0 Å². The molecule has 0 aromatic rings. The van der Waals surface area contributed by atoms with Crippen molar-refractivity contribution in [3.05, 3.63) is 0 Å². The lowest BCUT2D eigenvalue weighted by Gasteiger charge is -2.44. The fourth-order valence-electron chi connectivity index (χ4n) is 2.04. The van der Waals surface area contributed by atoms with Crippen LogP contribution in [0.3, 0.4) is 0 Å². The van der Waals surface area contributed by atoms with Crippen molar-refractivity contribution in [1.82, 2.24) is 0 Å². The van der Waals surface area contributed by atoms with Gasteiger partial charge >= 0.3 is 0 Å². The molecule has 16 heavy (non-hydrogen) atoms. The second-order valence-corrected chi connectivity index (χ2v) is 4.51. The molecule has 0 saturated carbocycles. The maximum absolute atomic E-state index is 11.0. The van der Waals surface area contributed by atoms with Gasteiger partial charge in [0.25, 0.3) is 0 Å². The van der Waals surface area contributed by atoms with Crippen LogP contribution in [-0.2, 0) is 9.59 Å². The molecule has 0 heterocycles. The molecular weight excluding hydrogens is 278 g/mol. The van der Waals surface area contributed by atoms with Crippen molar-refractivity contribution in [2.75, 3.05) is 25.0 Å². The molecule has 0 rings (SSSR count). The Kier molecular flexibility index (Phi) is 6.59. The SMILES string of the molecule is CCC(C(=O)[O-])[N+](CC)(CCBr)CC(=O)[O-]. The lowest BCUT2D eigenvalue weighted by molar-refractivity contribution is -0.936. The molecule has 0 saturated heterocycles. The minimum absolute atomic E-state index is 0.0353. The summed E-state index contributed by atoms with van der Waals surface area (Å²) in [5.74, 6) is -2.44. The third kappa shape index (κ3) is 3.75. The fourth-order valence-corrected chi connectivity index (χ4v) is 2.74. The zero-order valence-corrected chi connectivity index (χ0v) is 11.2. The molecule has 0 N–H and O–H groups in total. The Hall–Kier alpha value is -0.620. The predicted octanol–water partition coefficient (Wildman–Crippen LogP) is -1.50. The summed E-state index contributed by atoms with van der Waals surface area (Å²) in [5.41, 5.74) is 0. The van der Waals surface area contributed by atoms with Crippen molar-refractivity contribution in [2.24, 2.45) is 0 Å². The predicted molar refractivity (Wildman–Crippen MR) is 58.4 cm³/mol. The highest BCUT2D eigenvalue weighted by atomic mass is 79.9. The number of alkyl halides is 1. The molecule has 2 unspecified atom stereocenters. The van der Waals surface area contributed by atoms with Crippen LogP contribution in [0, 0.1) is 0 Å². The second kappa shape index (κ2) is 6.85. The molecule has 0 aromatic carbocycles. The first-order valence-electron chi connectivity index (χ1n) is 5.26. The van der Waals surface area contributed by atoms with E-state index in [-0.39, 0.29) is 11.0 Å². The largest absolute Gasteiger partial charge is 0.544 e. The van der Waals surface area contributed by atoms with Crippen LogP contribution in [0.1, 0.15) is 20.3 Å². The first kappa shape index (κ1) is 15.4. The van der Waals surface area contributed by atoms with Gasteiger partial charge in [0.1, 0.15) is 12.6 Å². The number of carbonyl (C=O) groups excluding carboxylic acids is 2. The van der Waals surface area contributed by atoms with E-state index in [1.165, 1.54) is 0 Å².